The van der Waals surface area contributed by atoms with Gasteiger partial charge in [-0.1, -0.05) is 12.1 Å². The molecule has 0 spiro atoms. The summed E-state index contributed by atoms with van der Waals surface area (Å²) >= 11 is 0. The summed E-state index contributed by atoms with van der Waals surface area (Å²) in [6, 6.07) is 6.93. The van der Waals surface area contributed by atoms with Crippen LogP contribution in [0.25, 0.3) is 5.70 Å². The van der Waals surface area contributed by atoms with Crippen molar-refractivity contribution in [2.24, 2.45) is 5.11 Å². The van der Waals surface area contributed by atoms with Crippen molar-refractivity contribution in [3.8, 4) is 0 Å². The molecule has 1 aromatic rings. The second-order valence-electron chi connectivity index (χ2n) is 3.94. The van der Waals surface area contributed by atoms with E-state index in [1.54, 1.807) is 37.5 Å². The first-order valence-electron chi connectivity index (χ1n) is 5.71. The minimum atomic E-state index is -0.355. The number of nitrogens with one attached hydrogen (secondary N) is 3. The molecule has 0 unspecified atom stereocenters. The maximum atomic E-state index is 11.5. The predicted octanol–water partition coefficient (Wildman–Crippen LogP) is 2.15. The van der Waals surface area contributed by atoms with Gasteiger partial charge in [0.15, 0.2) is 0 Å². The van der Waals surface area contributed by atoms with Gasteiger partial charge in [-0.15, -0.1) is 0 Å². The van der Waals surface area contributed by atoms with Crippen LogP contribution in [0.5, 0.6) is 0 Å². The molecule has 6 nitrogen and oxygen atoms in total. The molecule has 0 atom stereocenters. The van der Waals surface area contributed by atoms with Crippen molar-refractivity contribution < 1.29 is 9.59 Å². The van der Waals surface area contributed by atoms with E-state index < -0.39 is 0 Å². The number of nitrogens with zero attached hydrogens (tertiary/aromatic N) is 1. The Morgan fingerprint density at radius 3 is 2.74 bits per heavy atom. The molecular weight excluding hydrogens is 244 g/mol. The standard InChI is InChI=1S/C13H16N4O2/c1-9(18)6-13(19)16-11-5-3-4-10(7-11)12(17-14)8-15-2/h3-5,7-8,14-15H,6H2,1-2H3,(H,16,19)/b12-8-,17-14?. The van der Waals surface area contributed by atoms with E-state index in [4.69, 9.17) is 5.53 Å². The molecule has 6 heteroatoms. The molecule has 0 aliphatic heterocycles. The van der Waals surface area contributed by atoms with E-state index in [0.717, 1.165) is 0 Å². The monoisotopic (exact) mass is 260 g/mol. The first-order valence-corrected chi connectivity index (χ1v) is 5.71. The van der Waals surface area contributed by atoms with Gasteiger partial charge >= 0.3 is 0 Å². The van der Waals surface area contributed by atoms with Crippen LogP contribution in [0.2, 0.25) is 0 Å². The highest BCUT2D eigenvalue weighted by molar-refractivity contribution is 6.03. The molecule has 0 saturated carbocycles. The SMILES string of the molecule is CN/C=C(\N=N)c1cccc(NC(=O)CC(C)=O)c1. The highest BCUT2D eigenvalue weighted by Gasteiger charge is 2.07. The second kappa shape index (κ2) is 7.05. The fourth-order valence-corrected chi connectivity index (χ4v) is 1.50. The Morgan fingerprint density at radius 2 is 2.16 bits per heavy atom. The largest absolute Gasteiger partial charge is 0.392 e. The van der Waals surface area contributed by atoms with Crippen LogP contribution in [0.4, 0.5) is 5.69 Å². The molecule has 0 radical (unpaired) electrons. The van der Waals surface area contributed by atoms with Crippen LogP contribution in [0.3, 0.4) is 0 Å². The van der Waals surface area contributed by atoms with Crippen molar-refractivity contribution in [2.45, 2.75) is 13.3 Å². The number of anilines is 1. The van der Waals surface area contributed by atoms with E-state index in [2.05, 4.69) is 15.7 Å². The van der Waals surface area contributed by atoms with E-state index in [1.807, 2.05) is 0 Å². The summed E-state index contributed by atoms with van der Waals surface area (Å²) in [5.74, 6) is -0.544. The lowest BCUT2D eigenvalue weighted by molar-refractivity contribution is -0.124. The quantitative estimate of drug-likeness (QED) is 0.540. The lowest BCUT2D eigenvalue weighted by Gasteiger charge is -2.06. The van der Waals surface area contributed by atoms with Crippen molar-refractivity contribution in [3.63, 3.8) is 0 Å². The Labute approximate surface area is 111 Å². The molecule has 19 heavy (non-hydrogen) atoms. The molecule has 0 aliphatic rings. The Morgan fingerprint density at radius 1 is 1.42 bits per heavy atom. The molecule has 0 aliphatic carbocycles. The molecule has 1 rings (SSSR count). The van der Waals surface area contributed by atoms with Gasteiger partial charge in [0.2, 0.25) is 5.91 Å². The van der Waals surface area contributed by atoms with Crippen molar-refractivity contribution in [3.05, 3.63) is 36.0 Å². The number of hydrogen-bond acceptors (Lipinski definition) is 5. The number of hydrogen-bond donors (Lipinski definition) is 3. The van der Waals surface area contributed by atoms with Crippen molar-refractivity contribution in [1.29, 1.82) is 5.53 Å². The number of amides is 1. The summed E-state index contributed by atoms with van der Waals surface area (Å²) in [7, 11) is 1.71. The van der Waals surface area contributed by atoms with Crippen molar-refractivity contribution in [1.82, 2.24) is 5.32 Å². The van der Waals surface area contributed by atoms with Crippen LogP contribution in [0.15, 0.2) is 35.6 Å². The number of carbonyl (C=O) groups is 2. The zero-order valence-electron chi connectivity index (χ0n) is 10.9. The predicted molar refractivity (Wildman–Crippen MR) is 72.6 cm³/mol. The minimum absolute atomic E-state index is 0.147. The van der Waals surface area contributed by atoms with Gasteiger partial charge in [-0.3, -0.25) is 9.59 Å². The molecule has 0 saturated heterocycles. The van der Waals surface area contributed by atoms with Crippen LogP contribution in [0, 0.1) is 5.53 Å². The summed E-state index contributed by atoms with van der Waals surface area (Å²) < 4.78 is 0. The van der Waals surface area contributed by atoms with E-state index in [0.29, 0.717) is 16.9 Å². The van der Waals surface area contributed by atoms with Crippen LogP contribution in [0.1, 0.15) is 18.9 Å². The van der Waals surface area contributed by atoms with E-state index in [1.165, 1.54) is 6.92 Å². The highest BCUT2D eigenvalue weighted by Crippen LogP contribution is 2.19. The van der Waals surface area contributed by atoms with Gasteiger partial charge in [0.05, 0.1) is 6.42 Å². The zero-order chi connectivity index (χ0) is 14.3. The number of rotatable bonds is 6. The molecule has 3 N–H and O–H groups in total. The molecule has 100 valence electrons. The van der Waals surface area contributed by atoms with Gasteiger partial charge in [-0.2, -0.15) is 5.11 Å². The normalized spacial score (nSPS) is 10.7. The number of Topliss-reactive ketones (excluding diaryl/α,β-unsaturated/α-hetero) is 1. The third-order valence-corrected chi connectivity index (χ3v) is 2.25. The van der Waals surface area contributed by atoms with Gasteiger partial charge in [0.1, 0.15) is 11.5 Å². The lowest BCUT2D eigenvalue weighted by atomic mass is 10.1. The number of carbonyl (C=O) groups excluding carboxylic acids is 2. The lowest BCUT2D eigenvalue weighted by Crippen LogP contribution is -2.14. The minimum Gasteiger partial charge on any atom is -0.392 e. The molecular formula is C13H16N4O2. The average molecular weight is 260 g/mol. The summed E-state index contributed by atoms with van der Waals surface area (Å²) in [6.07, 6.45) is 1.44. The van der Waals surface area contributed by atoms with E-state index in [9.17, 15) is 9.59 Å². The third kappa shape index (κ3) is 4.71. The summed E-state index contributed by atoms with van der Waals surface area (Å²) in [4.78, 5) is 22.3. The Hall–Kier alpha value is -2.50. The fourth-order valence-electron chi connectivity index (χ4n) is 1.50. The summed E-state index contributed by atoms with van der Waals surface area (Å²) in [6.45, 7) is 1.36. The molecule has 0 aromatic heterocycles. The molecule has 0 bridgehead atoms. The van der Waals surface area contributed by atoms with Gasteiger partial charge in [0, 0.05) is 24.5 Å². The zero-order valence-corrected chi connectivity index (χ0v) is 10.9. The number of benzene rings is 1. The topological polar surface area (TPSA) is 94.4 Å². The third-order valence-electron chi connectivity index (χ3n) is 2.25. The van der Waals surface area contributed by atoms with Crippen LogP contribution in [-0.4, -0.2) is 18.7 Å². The molecule has 1 aromatic carbocycles. The van der Waals surface area contributed by atoms with Crippen LogP contribution < -0.4 is 10.6 Å². The Bertz CT molecular complexity index is 523. The van der Waals surface area contributed by atoms with Gasteiger partial charge < -0.3 is 10.6 Å². The Kier molecular flexibility index (Phi) is 5.40. The fraction of sp³-hybridized carbons (Fsp3) is 0.231. The maximum absolute atomic E-state index is 11.5. The average Bonchev–Trinajstić information content (AvgIpc) is 2.35. The Balaban J connectivity index is 2.88. The molecule has 1 amide bonds. The van der Waals surface area contributed by atoms with Crippen LogP contribution in [-0.2, 0) is 9.59 Å². The van der Waals surface area contributed by atoms with Gasteiger partial charge in [-0.25, -0.2) is 5.53 Å². The second-order valence-corrected chi connectivity index (χ2v) is 3.94. The van der Waals surface area contributed by atoms with Crippen molar-refractivity contribution in [2.75, 3.05) is 12.4 Å². The maximum Gasteiger partial charge on any atom is 0.231 e. The van der Waals surface area contributed by atoms with Gasteiger partial charge in [0.25, 0.3) is 0 Å². The van der Waals surface area contributed by atoms with E-state index in [-0.39, 0.29) is 18.1 Å². The molecule has 0 fully saturated rings. The van der Waals surface area contributed by atoms with Gasteiger partial charge in [-0.05, 0) is 19.1 Å². The highest BCUT2D eigenvalue weighted by atomic mass is 16.2. The van der Waals surface area contributed by atoms with E-state index >= 15 is 0 Å². The van der Waals surface area contributed by atoms with Crippen molar-refractivity contribution >= 4 is 23.1 Å². The first-order chi connectivity index (χ1) is 9.06. The smallest absolute Gasteiger partial charge is 0.231 e. The summed E-state index contributed by atoms with van der Waals surface area (Å²) in [5, 5.41) is 8.82. The first kappa shape index (κ1) is 14.6. The summed E-state index contributed by atoms with van der Waals surface area (Å²) in [5.41, 5.74) is 8.80. The van der Waals surface area contributed by atoms with Crippen LogP contribution >= 0.6 is 0 Å². The number of ketones is 1. The molecule has 0 heterocycles.